The second kappa shape index (κ2) is 5.01. The van der Waals surface area contributed by atoms with Crippen molar-refractivity contribution >= 4 is 5.97 Å². The summed E-state index contributed by atoms with van der Waals surface area (Å²) in [5, 5.41) is 4.51. The molecule has 1 aromatic rings. The molecule has 1 aliphatic carbocycles. The van der Waals surface area contributed by atoms with Gasteiger partial charge in [-0.15, -0.1) is 0 Å². The Kier molecular flexibility index (Phi) is 3.21. The summed E-state index contributed by atoms with van der Waals surface area (Å²) in [6, 6.07) is 1.81. The summed E-state index contributed by atoms with van der Waals surface area (Å²) in [5.41, 5.74) is 1.37. The molecule has 100 valence electrons. The average Bonchev–Trinajstić information content (AvgIpc) is 2.92. The van der Waals surface area contributed by atoms with Crippen molar-refractivity contribution in [2.75, 3.05) is 13.2 Å². The normalized spacial score (nSPS) is 21.0. The van der Waals surface area contributed by atoms with Crippen LogP contribution in [0.1, 0.15) is 29.0 Å². The van der Waals surface area contributed by atoms with E-state index < -0.39 is 0 Å². The van der Waals surface area contributed by atoms with Gasteiger partial charge >= 0.3 is 5.97 Å². The standard InChI is InChI=1S/C14H16N2O3/c1-2-18-14(17)13-7-12(10-5-3-4-6-10)15-16(13)8-11-9-19-11/h3-7,10-11H,2,8-9H2,1H3/t11-/m1/s1. The van der Waals surface area contributed by atoms with Crippen LogP contribution in [-0.2, 0) is 16.0 Å². The van der Waals surface area contributed by atoms with Crippen LogP contribution in [0.15, 0.2) is 30.4 Å². The first-order valence-electron chi connectivity index (χ1n) is 6.49. The van der Waals surface area contributed by atoms with E-state index in [0.29, 0.717) is 18.8 Å². The van der Waals surface area contributed by atoms with Gasteiger partial charge in [0.25, 0.3) is 0 Å². The third kappa shape index (κ3) is 2.61. The Morgan fingerprint density at radius 1 is 1.53 bits per heavy atom. The number of nitrogens with zero attached hydrogens (tertiary/aromatic N) is 2. The molecule has 0 N–H and O–H groups in total. The molecule has 1 saturated heterocycles. The van der Waals surface area contributed by atoms with Crippen molar-refractivity contribution in [3.8, 4) is 0 Å². The second-order valence-corrected chi connectivity index (χ2v) is 4.61. The zero-order valence-electron chi connectivity index (χ0n) is 10.8. The van der Waals surface area contributed by atoms with Crippen LogP contribution in [0.5, 0.6) is 0 Å². The largest absolute Gasteiger partial charge is 0.461 e. The number of carbonyl (C=O) groups excluding carboxylic acids is 1. The molecule has 0 spiro atoms. The number of rotatable bonds is 5. The maximum Gasteiger partial charge on any atom is 0.356 e. The van der Waals surface area contributed by atoms with Crippen LogP contribution in [0.25, 0.3) is 0 Å². The van der Waals surface area contributed by atoms with Crippen LogP contribution in [-0.4, -0.2) is 35.1 Å². The number of carbonyl (C=O) groups is 1. The fraction of sp³-hybridized carbons (Fsp3) is 0.429. The lowest BCUT2D eigenvalue weighted by Gasteiger charge is -2.04. The Labute approximate surface area is 111 Å². The van der Waals surface area contributed by atoms with Gasteiger partial charge in [0.2, 0.25) is 0 Å². The molecular formula is C14H16N2O3. The van der Waals surface area contributed by atoms with Gasteiger partial charge in [0, 0.05) is 5.92 Å². The maximum absolute atomic E-state index is 11.9. The molecule has 1 aliphatic heterocycles. The molecule has 0 radical (unpaired) electrons. The molecule has 0 aromatic carbocycles. The molecule has 0 bridgehead atoms. The highest BCUT2D eigenvalue weighted by Gasteiger charge is 2.27. The third-order valence-corrected chi connectivity index (χ3v) is 3.15. The van der Waals surface area contributed by atoms with Crippen molar-refractivity contribution in [2.45, 2.75) is 25.5 Å². The lowest BCUT2D eigenvalue weighted by Crippen LogP contribution is -2.15. The van der Waals surface area contributed by atoms with Crippen molar-refractivity contribution in [3.63, 3.8) is 0 Å². The fourth-order valence-electron chi connectivity index (χ4n) is 2.10. The van der Waals surface area contributed by atoms with Gasteiger partial charge in [0.05, 0.1) is 25.5 Å². The van der Waals surface area contributed by atoms with E-state index in [2.05, 4.69) is 17.3 Å². The van der Waals surface area contributed by atoms with Crippen LogP contribution < -0.4 is 0 Å². The first kappa shape index (κ1) is 12.2. The predicted octanol–water partition coefficient (Wildman–Crippen LogP) is 1.67. The molecule has 0 unspecified atom stereocenters. The summed E-state index contributed by atoms with van der Waals surface area (Å²) in [6.07, 6.45) is 8.25. The molecule has 1 fully saturated rings. The topological polar surface area (TPSA) is 56.6 Å². The highest BCUT2D eigenvalue weighted by Crippen LogP contribution is 2.24. The molecular weight excluding hydrogens is 244 g/mol. The van der Waals surface area contributed by atoms with E-state index in [1.165, 1.54) is 0 Å². The molecule has 2 aliphatic rings. The van der Waals surface area contributed by atoms with Gasteiger partial charge < -0.3 is 9.47 Å². The van der Waals surface area contributed by atoms with Crippen molar-refractivity contribution in [2.24, 2.45) is 0 Å². The maximum atomic E-state index is 11.9. The zero-order valence-corrected chi connectivity index (χ0v) is 10.8. The minimum Gasteiger partial charge on any atom is -0.461 e. The van der Waals surface area contributed by atoms with Crippen molar-refractivity contribution < 1.29 is 14.3 Å². The van der Waals surface area contributed by atoms with Crippen LogP contribution in [0.2, 0.25) is 0 Å². The van der Waals surface area contributed by atoms with Gasteiger partial charge in [-0.1, -0.05) is 24.3 Å². The predicted molar refractivity (Wildman–Crippen MR) is 68.9 cm³/mol. The SMILES string of the molecule is CCOC(=O)c1cc(C2C=CC=C2)nn1C[C@@H]1CO1. The van der Waals surface area contributed by atoms with Gasteiger partial charge in [0.15, 0.2) is 0 Å². The minimum absolute atomic E-state index is 0.148. The third-order valence-electron chi connectivity index (χ3n) is 3.15. The molecule has 1 atom stereocenters. The minimum atomic E-state index is -0.326. The lowest BCUT2D eigenvalue weighted by molar-refractivity contribution is 0.0511. The van der Waals surface area contributed by atoms with E-state index in [4.69, 9.17) is 9.47 Å². The van der Waals surface area contributed by atoms with Gasteiger partial charge in [0.1, 0.15) is 11.8 Å². The highest BCUT2D eigenvalue weighted by molar-refractivity contribution is 5.87. The summed E-state index contributed by atoms with van der Waals surface area (Å²) in [6.45, 7) is 3.50. The first-order chi connectivity index (χ1) is 9.28. The molecule has 0 amide bonds. The Morgan fingerprint density at radius 2 is 2.26 bits per heavy atom. The van der Waals surface area contributed by atoms with E-state index in [0.717, 1.165) is 12.3 Å². The first-order valence-corrected chi connectivity index (χ1v) is 6.49. The molecule has 0 saturated carbocycles. The highest BCUT2D eigenvalue weighted by atomic mass is 16.6. The monoisotopic (exact) mass is 260 g/mol. The Balaban J connectivity index is 1.87. The number of esters is 1. The average molecular weight is 260 g/mol. The van der Waals surface area contributed by atoms with Crippen molar-refractivity contribution in [1.29, 1.82) is 0 Å². The second-order valence-electron chi connectivity index (χ2n) is 4.61. The summed E-state index contributed by atoms with van der Waals surface area (Å²) in [7, 11) is 0. The number of aromatic nitrogens is 2. The van der Waals surface area contributed by atoms with E-state index in [1.807, 2.05) is 18.2 Å². The Hall–Kier alpha value is -1.88. The van der Waals surface area contributed by atoms with E-state index in [-0.39, 0.29) is 18.0 Å². The van der Waals surface area contributed by atoms with E-state index in [9.17, 15) is 4.79 Å². The number of hydrogen-bond donors (Lipinski definition) is 0. The lowest BCUT2D eigenvalue weighted by atomic mass is 10.1. The number of epoxide rings is 1. The fourth-order valence-corrected chi connectivity index (χ4v) is 2.10. The molecule has 3 rings (SSSR count). The van der Waals surface area contributed by atoms with Crippen molar-refractivity contribution in [1.82, 2.24) is 9.78 Å². The quantitative estimate of drug-likeness (QED) is 0.597. The van der Waals surface area contributed by atoms with Gasteiger partial charge in [-0.05, 0) is 13.0 Å². The summed E-state index contributed by atoms with van der Waals surface area (Å²) in [5.74, 6) is -0.178. The Morgan fingerprint density at radius 3 is 2.89 bits per heavy atom. The van der Waals surface area contributed by atoms with Gasteiger partial charge in [-0.3, -0.25) is 4.68 Å². The van der Waals surface area contributed by atoms with Gasteiger partial charge in [-0.2, -0.15) is 5.10 Å². The van der Waals surface area contributed by atoms with Crippen LogP contribution in [0, 0.1) is 0 Å². The van der Waals surface area contributed by atoms with Crippen LogP contribution in [0.4, 0.5) is 0 Å². The number of hydrogen-bond acceptors (Lipinski definition) is 4. The Bertz CT molecular complexity index is 529. The molecule has 19 heavy (non-hydrogen) atoms. The van der Waals surface area contributed by atoms with E-state index >= 15 is 0 Å². The zero-order chi connectivity index (χ0) is 13.2. The molecule has 5 nitrogen and oxygen atoms in total. The van der Waals surface area contributed by atoms with Gasteiger partial charge in [-0.25, -0.2) is 4.79 Å². The summed E-state index contributed by atoms with van der Waals surface area (Å²) >= 11 is 0. The number of ether oxygens (including phenoxy) is 2. The van der Waals surface area contributed by atoms with E-state index in [1.54, 1.807) is 11.6 Å². The van der Waals surface area contributed by atoms with Crippen molar-refractivity contribution in [3.05, 3.63) is 41.8 Å². The molecule has 1 aromatic heterocycles. The number of allylic oxidation sites excluding steroid dienone is 4. The van der Waals surface area contributed by atoms with Crippen LogP contribution >= 0.6 is 0 Å². The molecule has 2 heterocycles. The smallest absolute Gasteiger partial charge is 0.356 e. The summed E-state index contributed by atoms with van der Waals surface area (Å²) in [4.78, 5) is 11.9. The van der Waals surface area contributed by atoms with Crippen LogP contribution in [0.3, 0.4) is 0 Å². The molecule has 5 heteroatoms. The summed E-state index contributed by atoms with van der Waals surface area (Å²) < 4.78 is 12.0.